The van der Waals surface area contributed by atoms with Gasteiger partial charge in [-0.2, -0.15) is 0 Å². The van der Waals surface area contributed by atoms with Crippen molar-refractivity contribution >= 4 is 23.6 Å². The van der Waals surface area contributed by atoms with Gasteiger partial charge in [-0.15, -0.1) is 0 Å². The average Bonchev–Trinajstić information content (AvgIpc) is 3.10. The van der Waals surface area contributed by atoms with Crippen molar-refractivity contribution in [3.63, 3.8) is 0 Å². The standard InChI is InChI=1S/C44H80N2O6/c1-6-8-10-12-14-16-18-20-22-24-26-28-30-32-34-36-39(48)41(43(46(4)5)52-44(45)50)42(51-38(3)47)40(49)37-35-33-31-29-27-25-23-21-19-17-15-13-11-9-7-2/h20-23,41-43H,6-19,24-37H2,1-5H3,(H2,45,50)/b22-20-,23-21-. The van der Waals surface area contributed by atoms with E-state index in [9.17, 15) is 19.2 Å². The van der Waals surface area contributed by atoms with Crippen molar-refractivity contribution in [3.05, 3.63) is 24.3 Å². The molecule has 0 bridgehead atoms. The molecule has 0 saturated heterocycles. The fraction of sp³-hybridized carbons (Fsp3) is 0.818. The Hall–Kier alpha value is -2.48. The lowest BCUT2D eigenvalue weighted by Crippen LogP contribution is -2.52. The van der Waals surface area contributed by atoms with Gasteiger partial charge in [-0.05, 0) is 78.3 Å². The molecule has 1 amide bonds. The summed E-state index contributed by atoms with van der Waals surface area (Å²) >= 11 is 0. The number of ether oxygens (including phenoxy) is 2. The lowest BCUT2D eigenvalue weighted by Gasteiger charge is -2.34. The Balaban J connectivity index is 4.81. The van der Waals surface area contributed by atoms with Gasteiger partial charge in [0.05, 0.1) is 0 Å². The maximum absolute atomic E-state index is 13.7. The van der Waals surface area contributed by atoms with Crippen LogP contribution in [-0.2, 0) is 23.9 Å². The number of hydrogen-bond acceptors (Lipinski definition) is 7. The van der Waals surface area contributed by atoms with Crippen LogP contribution >= 0.6 is 0 Å². The van der Waals surface area contributed by atoms with Gasteiger partial charge in [-0.25, -0.2) is 4.79 Å². The van der Waals surface area contributed by atoms with E-state index in [4.69, 9.17) is 15.2 Å². The largest absolute Gasteiger partial charge is 0.454 e. The van der Waals surface area contributed by atoms with E-state index in [1.165, 1.54) is 84.0 Å². The summed E-state index contributed by atoms with van der Waals surface area (Å²) in [5.74, 6) is -2.39. The Morgan fingerprint density at radius 2 is 0.865 bits per heavy atom. The van der Waals surface area contributed by atoms with Gasteiger partial charge in [0.1, 0.15) is 11.7 Å². The third-order valence-electron chi connectivity index (χ3n) is 9.73. The number of unbranched alkanes of at least 4 members (excludes halogenated alkanes) is 22. The molecule has 0 aliphatic carbocycles. The van der Waals surface area contributed by atoms with Crippen molar-refractivity contribution in [2.75, 3.05) is 14.1 Å². The molecule has 2 N–H and O–H groups in total. The smallest absolute Gasteiger partial charge is 0.406 e. The van der Waals surface area contributed by atoms with Crippen LogP contribution in [0, 0.1) is 5.92 Å². The van der Waals surface area contributed by atoms with Crippen molar-refractivity contribution in [2.24, 2.45) is 11.7 Å². The monoisotopic (exact) mass is 733 g/mol. The van der Waals surface area contributed by atoms with Crippen molar-refractivity contribution in [1.29, 1.82) is 0 Å². The summed E-state index contributed by atoms with van der Waals surface area (Å²) in [6.07, 6.45) is 35.9. The number of rotatable bonds is 37. The lowest BCUT2D eigenvalue weighted by molar-refractivity contribution is -0.166. The molecular weight excluding hydrogens is 652 g/mol. The van der Waals surface area contributed by atoms with Crippen molar-refractivity contribution in [2.45, 2.75) is 213 Å². The number of primary amides is 1. The quantitative estimate of drug-likeness (QED) is 0.0292. The number of Topliss-reactive ketones (excluding diaryl/α,β-unsaturated/α-hetero) is 2. The molecule has 0 fully saturated rings. The molecule has 0 aliphatic rings. The second-order valence-electron chi connectivity index (χ2n) is 14.9. The predicted octanol–water partition coefficient (Wildman–Crippen LogP) is 11.7. The minimum Gasteiger partial charge on any atom is -0.454 e. The minimum atomic E-state index is -1.34. The molecule has 302 valence electrons. The normalized spacial score (nSPS) is 13.5. The van der Waals surface area contributed by atoms with Crippen LogP contribution < -0.4 is 5.73 Å². The summed E-state index contributed by atoms with van der Waals surface area (Å²) in [6.45, 7) is 5.72. The van der Waals surface area contributed by atoms with Crippen LogP contribution in [0.5, 0.6) is 0 Å². The first-order valence-electron chi connectivity index (χ1n) is 21.3. The van der Waals surface area contributed by atoms with Gasteiger partial charge < -0.3 is 15.2 Å². The summed E-state index contributed by atoms with van der Waals surface area (Å²) < 4.78 is 10.9. The van der Waals surface area contributed by atoms with Crippen molar-refractivity contribution in [1.82, 2.24) is 4.90 Å². The molecule has 0 saturated carbocycles. The summed E-state index contributed by atoms with van der Waals surface area (Å²) in [4.78, 5) is 52.8. The van der Waals surface area contributed by atoms with Gasteiger partial charge in [0.15, 0.2) is 18.1 Å². The van der Waals surface area contributed by atoms with E-state index in [-0.39, 0.29) is 24.4 Å². The third kappa shape index (κ3) is 29.0. The molecule has 8 heteroatoms. The molecule has 3 unspecified atom stereocenters. The molecule has 0 aromatic carbocycles. The summed E-state index contributed by atoms with van der Waals surface area (Å²) in [6, 6.07) is 0. The van der Waals surface area contributed by atoms with Crippen molar-refractivity contribution in [3.8, 4) is 0 Å². The zero-order valence-electron chi connectivity index (χ0n) is 34.3. The van der Waals surface area contributed by atoms with Crippen LogP contribution in [0.2, 0.25) is 0 Å². The first-order valence-corrected chi connectivity index (χ1v) is 21.3. The molecule has 0 aromatic rings. The number of hydrogen-bond donors (Lipinski definition) is 1. The molecule has 0 rings (SSSR count). The number of nitrogens with two attached hydrogens (primary N) is 1. The maximum Gasteiger partial charge on any atom is 0.406 e. The molecular formula is C44H80N2O6. The van der Waals surface area contributed by atoms with Crippen LogP contribution in [0.15, 0.2) is 24.3 Å². The second-order valence-corrected chi connectivity index (χ2v) is 14.9. The predicted molar refractivity (Wildman–Crippen MR) is 216 cm³/mol. The van der Waals surface area contributed by atoms with E-state index in [1.54, 1.807) is 19.0 Å². The zero-order chi connectivity index (χ0) is 38.7. The molecule has 8 nitrogen and oxygen atoms in total. The Morgan fingerprint density at radius 1 is 0.519 bits per heavy atom. The number of esters is 1. The van der Waals surface area contributed by atoms with Gasteiger partial charge in [0.25, 0.3) is 0 Å². The van der Waals surface area contributed by atoms with Crippen LogP contribution in [0.4, 0.5) is 4.79 Å². The highest BCUT2D eigenvalue weighted by atomic mass is 16.6. The number of carbonyl (C=O) groups is 4. The lowest BCUT2D eigenvalue weighted by atomic mass is 9.87. The molecule has 52 heavy (non-hydrogen) atoms. The van der Waals surface area contributed by atoms with Crippen LogP contribution in [-0.4, -0.2) is 55.0 Å². The number of amides is 1. The SMILES string of the molecule is CCCCCCCC/C=C\CCCCCCCC(=O)C(OC(C)=O)C(C(=O)CCCCCCC/C=C\CCCCCCCC)C(OC(N)=O)N(C)C. The molecule has 0 heterocycles. The van der Waals surface area contributed by atoms with E-state index in [2.05, 4.69) is 38.2 Å². The van der Waals surface area contributed by atoms with E-state index in [1.807, 2.05) is 0 Å². The minimum absolute atomic E-state index is 0.185. The van der Waals surface area contributed by atoms with Gasteiger partial charge in [0.2, 0.25) is 0 Å². The Kier molecular flexibility index (Phi) is 33.8. The Morgan fingerprint density at radius 3 is 1.21 bits per heavy atom. The topological polar surface area (TPSA) is 116 Å². The number of carbonyl (C=O) groups excluding carboxylic acids is 4. The average molecular weight is 733 g/mol. The van der Waals surface area contributed by atoms with E-state index >= 15 is 0 Å². The fourth-order valence-electron chi connectivity index (χ4n) is 6.66. The van der Waals surface area contributed by atoms with Crippen LogP contribution in [0.3, 0.4) is 0 Å². The maximum atomic E-state index is 13.7. The highest BCUT2D eigenvalue weighted by molar-refractivity contribution is 5.93. The zero-order valence-corrected chi connectivity index (χ0v) is 34.3. The fourth-order valence-corrected chi connectivity index (χ4v) is 6.66. The second kappa shape index (κ2) is 35.5. The van der Waals surface area contributed by atoms with Gasteiger partial charge >= 0.3 is 12.1 Å². The van der Waals surface area contributed by atoms with E-state index < -0.39 is 30.3 Å². The van der Waals surface area contributed by atoms with Gasteiger partial charge in [-0.3, -0.25) is 19.3 Å². The number of allylic oxidation sites excluding steroid dienone is 4. The molecule has 0 radical (unpaired) electrons. The molecule has 0 aliphatic heterocycles. The molecule has 0 aromatic heterocycles. The molecule has 0 spiro atoms. The first kappa shape index (κ1) is 49.5. The number of ketones is 2. The third-order valence-corrected chi connectivity index (χ3v) is 9.73. The Labute approximate surface area is 319 Å². The molecule has 3 atom stereocenters. The van der Waals surface area contributed by atoms with Gasteiger partial charge in [0, 0.05) is 19.8 Å². The number of nitrogens with zero attached hydrogens (tertiary/aromatic N) is 1. The summed E-state index contributed by atoms with van der Waals surface area (Å²) in [5, 5.41) is 0. The highest BCUT2D eigenvalue weighted by Gasteiger charge is 2.43. The summed E-state index contributed by atoms with van der Waals surface area (Å²) in [5.41, 5.74) is 5.38. The first-order chi connectivity index (χ1) is 25.1. The highest BCUT2D eigenvalue weighted by Crippen LogP contribution is 2.25. The van der Waals surface area contributed by atoms with Crippen LogP contribution in [0.1, 0.15) is 201 Å². The Bertz CT molecular complexity index is 962. The van der Waals surface area contributed by atoms with E-state index in [0.717, 1.165) is 77.0 Å². The van der Waals surface area contributed by atoms with Gasteiger partial charge in [-0.1, -0.05) is 141 Å². The van der Waals surface area contributed by atoms with Crippen LogP contribution in [0.25, 0.3) is 0 Å². The summed E-state index contributed by atoms with van der Waals surface area (Å²) in [7, 11) is 3.30. The van der Waals surface area contributed by atoms with E-state index in [0.29, 0.717) is 12.8 Å². The van der Waals surface area contributed by atoms with Crippen molar-refractivity contribution < 1.29 is 28.7 Å².